The molecule has 0 bridgehead atoms. The van der Waals surface area contributed by atoms with E-state index in [4.69, 9.17) is 20.3 Å². The number of hydrogen-bond donors (Lipinski definition) is 2. The van der Waals surface area contributed by atoms with Crippen LogP contribution in [0.15, 0.2) is 59.5 Å². The first-order valence-corrected chi connectivity index (χ1v) is 11.2. The first kappa shape index (κ1) is 26.8. The van der Waals surface area contributed by atoms with Crippen LogP contribution in [-0.2, 0) is 15.9 Å². The molecule has 0 radical (unpaired) electrons. The highest BCUT2D eigenvalue weighted by molar-refractivity contribution is 7.89. The van der Waals surface area contributed by atoms with Crippen LogP contribution < -0.4 is 20.3 Å². The van der Waals surface area contributed by atoms with E-state index < -0.39 is 66.7 Å². The molecular weight excluding hydrogens is 518 g/mol. The summed E-state index contributed by atoms with van der Waals surface area (Å²) < 4.78 is 117. The van der Waals surface area contributed by atoms with Crippen LogP contribution in [0.2, 0.25) is 0 Å². The van der Waals surface area contributed by atoms with Gasteiger partial charge >= 0.3 is 12.1 Å². The van der Waals surface area contributed by atoms with Gasteiger partial charge in [-0.05, 0) is 35.9 Å². The molecule has 3 aromatic rings. The molecule has 0 saturated heterocycles. The van der Waals surface area contributed by atoms with Gasteiger partial charge < -0.3 is 15.2 Å². The van der Waals surface area contributed by atoms with Gasteiger partial charge in [-0.3, -0.25) is 4.79 Å². The van der Waals surface area contributed by atoms with E-state index in [0.29, 0.717) is 12.1 Å². The molecule has 3 rings (SSSR count). The van der Waals surface area contributed by atoms with Crippen LogP contribution in [0.1, 0.15) is 15.9 Å². The van der Waals surface area contributed by atoms with E-state index in [9.17, 15) is 39.6 Å². The van der Waals surface area contributed by atoms with Crippen molar-refractivity contribution < 1.29 is 49.0 Å². The normalized spacial score (nSPS) is 12.3. The standard InChI is InChI=1S/C22H16F6N2O5S/c1-34-17-10-12(23)5-8-16(17)35-19-14(20(29)31)6-7-15(21(24,25)22(26,27)28)18(19)11-3-2-4-13(9-11)36(30,32)33/h2-10H,1H3,(H2,29,31)(H2,30,32,33). The molecule has 1 amide bonds. The van der Waals surface area contributed by atoms with Crippen molar-refractivity contribution >= 4 is 15.9 Å². The van der Waals surface area contributed by atoms with Crippen molar-refractivity contribution in [3.63, 3.8) is 0 Å². The Morgan fingerprint density at radius 1 is 0.944 bits per heavy atom. The number of ether oxygens (including phenoxy) is 2. The van der Waals surface area contributed by atoms with Gasteiger partial charge in [0, 0.05) is 17.2 Å². The molecular formula is C22H16F6N2O5S. The maximum Gasteiger partial charge on any atom is 0.458 e. The smallest absolute Gasteiger partial charge is 0.458 e. The van der Waals surface area contributed by atoms with Gasteiger partial charge in [0.2, 0.25) is 10.0 Å². The summed E-state index contributed by atoms with van der Waals surface area (Å²) in [5.41, 5.74) is 1.46. The van der Waals surface area contributed by atoms with Gasteiger partial charge in [0.05, 0.1) is 17.6 Å². The number of benzene rings is 3. The van der Waals surface area contributed by atoms with Gasteiger partial charge in [0.1, 0.15) is 11.6 Å². The molecule has 0 aliphatic rings. The second kappa shape index (κ2) is 9.35. The topological polar surface area (TPSA) is 122 Å². The van der Waals surface area contributed by atoms with Crippen molar-refractivity contribution in [1.82, 2.24) is 0 Å². The molecule has 3 aromatic carbocycles. The number of amides is 1. The Labute approximate surface area is 200 Å². The molecule has 36 heavy (non-hydrogen) atoms. The summed E-state index contributed by atoms with van der Waals surface area (Å²) in [6, 6.07) is 7.31. The summed E-state index contributed by atoms with van der Waals surface area (Å²) in [6.07, 6.45) is -6.10. The molecule has 0 saturated carbocycles. The number of alkyl halides is 5. The van der Waals surface area contributed by atoms with Gasteiger partial charge in [-0.2, -0.15) is 22.0 Å². The quantitative estimate of drug-likeness (QED) is 0.426. The number of hydrogen-bond acceptors (Lipinski definition) is 5. The minimum absolute atomic E-state index is 0.303. The fourth-order valence-electron chi connectivity index (χ4n) is 3.25. The van der Waals surface area contributed by atoms with Crippen LogP contribution in [0.4, 0.5) is 26.3 Å². The van der Waals surface area contributed by atoms with Gasteiger partial charge in [0.25, 0.3) is 5.91 Å². The van der Waals surface area contributed by atoms with Crippen molar-refractivity contribution in [2.75, 3.05) is 7.11 Å². The Kier molecular flexibility index (Phi) is 6.97. The first-order chi connectivity index (χ1) is 16.6. The Morgan fingerprint density at radius 3 is 2.17 bits per heavy atom. The summed E-state index contributed by atoms with van der Waals surface area (Å²) in [5.74, 6) is -9.15. The molecule has 0 aliphatic heterocycles. The minimum atomic E-state index is -6.10. The predicted molar refractivity (Wildman–Crippen MR) is 115 cm³/mol. The predicted octanol–water partition coefficient (Wildman–Crippen LogP) is 4.69. The van der Waals surface area contributed by atoms with Crippen molar-refractivity contribution in [2.45, 2.75) is 17.0 Å². The van der Waals surface area contributed by atoms with E-state index in [-0.39, 0.29) is 11.5 Å². The van der Waals surface area contributed by atoms with Crippen LogP contribution >= 0.6 is 0 Å². The average molecular weight is 534 g/mol. The Hall–Kier alpha value is -3.78. The average Bonchev–Trinajstić information content (AvgIpc) is 2.78. The van der Waals surface area contributed by atoms with Gasteiger partial charge in [-0.15, -0.1) is 0 Å². The van der Waals surface area contributed by atoms with Gasteiger partial charge in [0.15, 0.2) is 11.5 Å². The number of carbonyl (C=O) groups excluding carboxylic acids is 1. The highest BCUT2D eigenvalue weighted by atomic mass is 32.2. The van der Waals surface area contributed by atoms with Crippen molar-refractivity contribution in [3.8, 4) is 28.4 Å². The lowest BCUT2D eigenvalue weighted by Gasteiger charge is -2.25. The van der Waals surface area contributed by atoms with Crippen molar-refractivity contribution in [3.05, 3.63) is 71.5 Å². The van der Waals surface area contributed by atoms with Crippen LogP contribution in [0.5, 0.6) is 17.2 Å². The largest absolute Gasteiger partial charge is 0.493 e. The van der Waals surface area contributed by atoms with E-state index in [1.54, 1.807) is 0 Å². The highest BCUT2D eigenvalue weighted by Gasteiger charge is 2.60. The number of methoxy groups -OCH3 is 1. The van der Waals surface area contributed by atoms with E-state index in [0.717, 1.165) is 49.6 Å². The third kappa shape index (κ3) is 5.09. The van der Waals surface area contributed by atoms with Crippen LogP contribution in [0.3, 0.4) is 0 Å². The van der Waals surface area contributed by atoms with Crippen LogP contribution in [-0.4, -0.2) is 27.6 Å². The lowest BCUT2D eigenvalue weighted by atomic mass is 9.91. The maximum absolute atomic E-state index is 14.7. The zero-order valence-corrected chi connectivity index (χ0v) is 18.9. The Balaban J connectivity index is 2.47. The molecule has 0 fully saturated rings. The van der Waals surface area contributed by atoms with E-state index >= 15 is 0 Å². The molecule has 192 valence electrons. The maximum atomic E-state index is 14.7. The lowest BCUT2D eigenvalue weighted by Crippen LogP contribution is -2.34. The number of carbonyl (C=O) groups is 1. The number of rotatable bonds is 7. The highest BCUT2D eigenvalue weighted by Crippen LogP contribution is 2.51. The van der Waals surface area contributed by atoms with Crippen LogP contribution in [0, 0.1) is 5.82 Å². The second-order valence-corrected chi connectivity index (χ2v) is 8.83. The second-order valence-electron chi connectivity index (χ2n) is 7.27. The molecule has 0 unspecified atom stereocenters. The molecule has 14 heteroatoms. The third-order valence-corrected chi connectivity index (χ3v) is 5.82. The molecule has 0 atom stereocenters. The zero-order chi connectivity index (χ0) is 27.1. The monoisotopic (exact) mass is 534 g/mol. The Bertz CT molecular complexity index is 1440. The first-order valence-electron chi connectivity index (χ1n) is 9.64. The number of nitrogens with two attached hydrogens (primary N) is 2. The fraction of sp³-hybridized carbons (Fsp3) is 0.136. The molecule has 7 nitrogen and oxygen atoms in total. The SMILES string of the molecule is COc1cc(F)ccc1Oc1c(C(N)=O)ccc(C(F)(F)C(F)(F)F)c1-c1cccc(S(N)(=O)=O)c1. The third-order valence-electron chi connectivity index (χ3n) is 4.91. The molecule has 0 spiro atoms. The lowest BCUT2D eigenvalue weighted by molar-refractivity contribution is -0.289. The van der Waals surface area contributed by atoms with Gasteiger partial charge in [-0.1, -0.05) is 18.2 Å². The summed E-state index contributed by atoms with van der Waals surface area (Å²) in [7, 11) is -3.33. The summed E-state index contributed by atoms with van der Waals surface area (Å²) in [6.45, 7) is 0. The van der Waals surface area contributed by atoms with E-state index in [2.05, 4.69) is 0 Å². The number of sulfonamides is 1. The molecule has 4 N–H and O–H groups in total. The summed E-state index contributed by atoms with van der Waals surface area (Å²) in [4.78, 5) is 11.5. The number of primary amides is 1. The van der Waals surface area contributed by atoms with Crippen LogP contribution in [0.25, 0.3) is 11.1 Å². The van der Waals surface area contributed by atoms with Crippen molar-refractivity contribution in [1.29, 1.82) is 0 Å². The number of halogens is 6. The van der Waals surface area contributed by atoms with E-state index in [1.807, 2.05) is 0 Å². The molecule has 0 aliphatic carbocycles. The molecule has 0 heterocycles. The molecule has 0 aromatic heterocycles. The van der Waals surface area contributed by atoms with E-state index in [1.165, 1.54) is 0 Å². The Morgan fingerprint density at radius 2 is 1.61 bits per heavy atom. The van der Waals surface area contributed by atoms with Gasteiger partial charge in [-0.25, -0.2) is 17.9 Å². The van der Waals surface area contributed by atoms with Crippen molar-refractivity contribution in [2.24, 2.45) is 10.9 Å². The fourth-order valence-corrected chi connectivity index (χ4v) is 3.81. The number of primary sulfonamides is 1. The summed E-state index contributed by atoms with van der Waals surface area (Å²) >= 11 is 0. The summed E-state index contributed by atoms with van der Waals surface area (Å²) in [5, 5.41) is 5.08. The minimum Gasteiger partial charge on any atom is -0.493 e. The zero-order valence-electron chi connectivity index (χ0n) is 18.1.